The molecule has 178 valence electrons. The van der Waals surface area contributed by atoms with E-state index < -0.39 is 0 Å². The van der Waals surface area contributed by atoms with Crippen LogP contribution in [0.5, 0.6) is 5.75 Å². The predicted octanol–water partition coefficient (Wildman–Crippen LogP) is 4.80. The maximum Gasteiger partial charge on any atom is 0.192 e. The van der Waals surface area contributed by atoms with Crippen molar-refractivity contribution in [2.45, 2.75) is 84.8 Å². The minimum atomic E-state index is 0. The number of aliphatic imine (C=N–C) groups is 1. The number of ether oxygens (including phenoxy) is 1. The number of nitrogens with zero attached hydrogens (tertiary/aromatic N) is 4. The van der Waals surface area contributed by atoms with E-state index in [-0.39, 0.29) is 24.0 Å². The summed E-state index contributed by atoms with van der Waals surface area (Å²) < 4.78 is 8.10. The fraction of sp³-hybridized carbons (Fsp3) is 0.625. The number of hydrogen-bond acceptors (Lipinski definition) is 4. The SMILES string of the molecule is CCCCCOc1cc(C)ccc1CN=C(NCc1nnc(C)n1C)NC1CCCC1.I. The number of guanidine groups is 1. The number of hydrogen-bond donors (Lipinski definition) is 2. The highest BCUT2D eigenvalue weighted by atomic mass is 127. The molecule has 0 unspecified atom stereocenters. The summed E-state index contributed by atoms with van der Waals surface area (Å²) in [4.78, 5) is 4.90. The fourth-order valence-corrected chi connectivity index (χ4v) is 3.81. The molecule has 0 spiro atoms. The molecule has 0 bridgehead atoms. The highest BCUT2D eigenvalue weighted by Gasteiger charge is 2.17. The van der Waals surface area contributed by atoms with Gasteiger partial charge in [0.2, 0.25) is 0 Å². The van der Waals surface area contributed by atoms with E-state index in [0.29, 0.717) is 19.1 Å². The lowest BCUT2D eigenvalue weighted by Crippen LogP contribution is -2.42. The second-order valence-electron chi connectivity index (χ2n) is 8.53. The molecule has 1 heterocycles. The standard InChI is InChI=1S/C24H38N6O.HI/c1-5-6-9-14-31-22-15-18(2)12-13-20(22)16-25-24(27-21-10-7-8-11-21)26-17-23-29-28-19(3)30(23)4;/h12-13,15,21H,5-11,14,16-17H2,1-4H3,(H2,25,26,27);1H. The molecule has 32 heavy (non-hydrogen) atoms. The summed E-state index contributed by atoms with van der Waals surface area (Å²) in [7, 11) is 1.99. The Bertz CT molecular complexity index is 860. The van der Waals surface area contributed by atoms with Gasteiger partial charge in [0.25, 0.3) is 0 Å². The average Bonchev–Trinajstić information content (AvgIpc) is 3.39. The number of aryl methyl sites for hydroxylation is 2. The normalized spacial score (nSPS) is 14.3. The summed E-state index contributed by atoms with van der Waals surface area (Å²) in [6.45, 7) is 8.19. The van der Waals surface area contributed by atoms with Crippen molar-refractivity contribution >= 4 is 29.9 Å². The van der Waals surface area contributed by atoms with Crippen molar-refractivity contribution in [2.24, 2.45) is 12.0 Å². The van der Waals surface area contributed by atoms with Crippen LogP contribution < -0.4 is 15.4 Å². The molecule has 1 saturated carbocycles. The summed E-state index contributed by atoms with van der Waals surface area (Å²) in [5.74, 6) is 3.58. The predicted molar refractivity (Wildman–Crippen MR) is 141 cm³/mol. The smallest absolute Gasteiger partial charge is 0.192 e. The van der Waals surface area contributed by atoms with E-state index >= 15 is 0 Å². The Morgan fingerprint density at radius 3 is 2.66 bits per heavy atom. The van der Waals surface area contributed by atoms with Gasteiger partial charge in [0.1, 0.15) is 11.6 Å². The first-order chi connectivity index (χ1) is 15.1. The van der Waals surface area contributed by atoms with E-state index in [4.69, 9.17) is 9.73 Å². The van der Waals surface area contributed by atoms with Crippen molar-refractivity contribution in [2.75, 3.05) is 6.61 Å². The van der Waals surface area contributed by atoms with Gasteiger partial charge in [0.05, 0.1) is 19.7 Å². The fourth-order valence-electron chi connectivity index (χ4n) is 3.81. The molecule has 1 aromatic carbocycles. The molecule has 7 nitrogen and oxygen atoms in total. The third-order valence-corrected chi connectivity index (χ3v) is 5.93. The van der Waals surface area contributed by atoms with Gasteiger partial charge in [-0.2, -0.15) is 0 Å². The maximum atomic E-state index is 6.10. The van der Waals surface area contributed by atoms with E-state index in [9.17, 15) is 0 Å². The highest BCUT2D eigenvalue weighted by molar-refractivity contribution is 14.0. The minimum Gasteiger partial charge on any atom is -0.493 e. The lowest BCUT2D eigenvalue weighted by Gasteiger charge is -2.18. The molecule has 0 aliphatic heterocycles. The molecule has 1 fully saturated rings. The second kappa shape index (κ2) is 13.6. The molecule has 3 rings (SSSR count). The molecular formula is C24H39IN6O. The van der Waals surface area contributed by atoms with Crippen LogP contribution in [0.2, 0.25) is 0 Å². The Hall–Kier alpha value is -1.84. The summed E-state index contributed by atoms with van der Waals surface area (Å²) in [6.07, 6.45) is 8.42. The Balaban J connectivity index is 0.00000363. The molecule has 8 heteroatoms. The van der Waals surface area contributed by atoms with E-state index in [1.54, 1.807) is 0 Å². The van der Waals surface area contributed by atoms with Crippen LogP contribution in [0.1, 0.15) is 74.6 Å². The minimum absolute atomic E-state index is 0. The van der Waals surface area contributed by atoms with Gasteiger partial charge >= 0.3 is 0 Å². The monoisotopic (exact) mass is 554 g/mol. The first kappa shape index (κ1) is 26.4. The van der Waals surface area contributed by atoms with Gasteiger partial charge in [-0.15, -0.1) is 34.2 Å². The molecule has 0 saturated heterocycles. The van der Waals surface area contributed by atoms with Crippen LogP contribution in [-0.2, 0) is 20.1 Å². The molecule has 1 aliphatic rings. The lowest BCUT2D eigenvalue weighted by molar-refractivity contribution is 0.303. The van der Waals surface area contributed by atoms with E-state index in [2.05, 4.69) is 52.9 Å². The van der Waals surface area contributed by atoms with Gasteiger partial charge in [-0.1, -0.05) is 44.7 Å². The second-order valence-corrected chi connectivity index (χ2v) is 8.53. The topological polar surface area (TPSA) is 76.4 Å². The third kappa shape index (κ3) is 7.94. The Kier molecular flexibility index (Phi) is 11.3. The molecule has 2 N–H and O–H groups in total. The first-order valence-electron chi connectivity index (χ1n) is 11.7. The van der Waals surface area contributed by atoms with Crippen molar-refractivity contribution in [1.82, 2.24) is 25.4 Å². The van der Waals surface area contributed by atoms with E-state index in [0.717, 1.165) is 41.9 Å². The van der Waals surface area contributed by atoms with Gasteiger partial charge < -0.3 is 19.9 Å². The summed E-state index contributed by atoms with van der Waals surface area (Å²) in [6, 6.07) is 6.86. The van der Waals surface area contributed by atoms with Crippen LogP contribution >= 0.6 is 24.0 Å². The van der Waals surface area contributed by atoms with Gasteiger partial charge in [-0.25, -0.2) is 4.99 Å². The zero-order valence-corrected chi connectivity index (χ0v) is 22.3. The summed E-state index contributed by atoms with van der Waals surface area (Å²) in [5.41, 5.74) is 2.32. The molecule has 0 radical (unpaired) electrons. The Morgan fingerprint density at radius 2 is 1.97 bits per heavy atom. The van der Waals surface area contributed by atoms with E-state index in [1.165, 1.54) is 44.1 Å². The zero-order valence-electron chi connectivity index (χ0n) is 20.0. The lowest BCUT2D eigenvalue weighted by atomic mass is 10.1. The van der Waals surface area contributed by atoms with Crippen LogP contribution in [0.3, 0.4) is 0 Å². The van der Waals surface area contributed by atoms with Gasteiger partial charge in [0, 0.05) is 18.7 Å². The first-order valence-corrected chi connectivity index (χ1v) is 11.7. The number of halogens is 1. The third-order valence-electron chi connectivity index (χ3n) is 5.93. The Morgan fingerprint density at radius 1 is 1.19 bits per heavy atom. The van der Waals surface area contributed by atoms with Crippen molar-refractivity contribution in [3.63, 3.8) is 0 Å². The van der Waals surface area contributed by atoms with Crippen LogP contribution in [0.15, 0.2) is 23.2 Å². The number of nitrogens with one attached hydrogen (secondary N) is 2. The molecular weight excluding hydrogens is 515 g/mol. The highest BCUT2D eigenvalue weighted by Crippen LogP contribution is 2.22. The van der Waals surface area contributed by atoms with Crippen molar-refractivity contribution in [3.05, 3.63) is 41.0 Å². The molecule has 0 amide bonds. The van der Waals surface area contributed by atoms with Crippen molar-refractivity contribution < 1.29 is 4.74 Å². The number of aromatic nitrogens is 3. The maximum absolute atomic E-state index is 6.10. The van der Waals surface area contributed by atoms with Crippen molar-refractivity contribution in [3.8, 4) is 5.75 Å². The van der Waals surface area contributed by atoms with Crippen LogP contribution in [-0.4, -0.2) is 33.4 Å². The summed E-state index contributed by atoms with van der Waals surface area (Å²) in [5, 5.41) is 15.5. The number of benzene rings is 1. The zero-order chi connectivity index (χ0) is 22.1. The van der Waals surface area contributed by atoms with Crippen LogP contribution in [0, 0.1) is 13.8 Å². The molecule has 1 aromatic heterocycles. The van der Waals surface area contributed by atoms with Gasteiger partial charge in [-0.05, 0) is 44.7 Å². The van der Waals surface area contributed by atoms with Gasteiger partial charge in [0.15, 0.2) is 11.8 Å². The quantitative estimate of drug-likeness (QED) is 0.191. The largest absolute Gasteiger partial charge is 0.493 e. The van der Waals surface area contributed by atoms with Crippen molar-refractivity contribution in [1.29, 1.82) is 0 Å². The molecule has 2 aromatic rings. The van der Waals surface area contributed by atoms with Crippen LogP contribution in [0.25, 0.3) is 0 Å². The average molecular weight is 555 g/mol. The number of rotatable bonds is 10. The number of unbranched alkanes of at least 4 members (excludes halogenated alkanes) is 2. The molecule has 0 atom stereocenters. The van der Waals surface area contributed by atoms with E-state index in [1.807, 2.05) is 18.5 Å². The molecule has 1 aliphatic carbocycles. The van der Waals surface area contributed by atoms with Gasteiger partial charge in [-0.3, -0.25) is 0 Å². The van der Waals surface area contributed by atoms with Crippen LogP contribution in [0.4, 0.5) is 0 Å². The summed E-state index contributed by atoms with van der Waals surface area (Å²) >= 11 is 0. The Labute approximate surface area is 209 Å².